The number of anilines is 1. The highest BCUT2D eigenvalue weighted by molar-refractivity contribution is 6.04. The Labute approximate surface area is 117 Å². The fourth-order valence-electron chi connectivity index (χ4n) is 1.60. The number of nitrogens with one attached hydrogen (secondary N) is 1. The Kier molecular flexibility index (Phi) is 3.93. The average molecular weight is 294 g/mol. The summed E-state index contributed by atoms with van der Waals surface area (Å²) >= 11 is 0. The first-order valence-electron chi connectivity index (χ1n) is 5.78. The molecule has 0 aliphatic carbocycles. The van der Waals surface area contributed by atoms with Gasteiger partial charge >= 0.3 is 6.18 Å². The number of benzene rings is 1. The molecule has 5 nitrogen and oxygen atoms in total. The van der Waals surface area contributed by atoms with Gasteiger partial charge in [-0.15, -0.1) is 0 Å². The summed E-state index contributed by atoms with van der Waals surface area (Å²) in [7, 11) is 0. The number of carbonyl (C=O) groups excluding carboxylic acids is 1. The number of alkyl halides is 3. The van der Waals surface area contributed by atoms with Crippen LogP contribution in [0.5, 0.6) is 0 Å². The lowest BCUT2D eigenvalue weighted by Gasteiger charge is -2.05. The van der Waals surface area contributed by atoms with Crippen molar-refractivity contribution in [3.8, 4) is 6.07 Å². The summed E-state index contributed by atoms with van der Waals surface area (Å²) in [6, 6.07) is 7.77. The summed E-state index contributed by atoms with van der Waals surface area (Å²) < 4.78 is 37.2. The van der Waals surface area contributed by atoms with Gasteiger partial charge in [0.15, 0.2) is 0 Å². The molecule has 0 aliphatic rings. The summed E-state index contributed by atoms with van der Waals surface area (Å²) in [5, 5.41) is 14.6. The molecule has 0 atom stereocenters. The summed E-state index contributed by atoms with van der Waals surface area (Å²) in [5.41, 5.74) is 0.857. The molecule has 0 bridgehead atoms. The van der Waals surface area contributed by atoms with Crippen LogP contribution < -0.4 is 5.32 Å². The predicted octanol–water partition coefficient (Wildman–Crippen LogP) is 2.57. The van der Waals surface area contributed by atoms with E-state index in [-0.39, 0.29) is 11.3 Å². The van der Waals surface area contributed by atoms with Crippen molar-refractivity contribution in [2.24, 2.45) is 0 Å². The molecule has 0 radical (unpaired) electrons. The summed E-state index contributed by atoms with van der Waals surface area (Å²) in [6.07, 6.45) is -2.15. The van der Waals surface area contributed by atoms with Crippen LogP contribution in [0.3, 0.4) is 0 Å². The quantitative estimate of drug-likeness (QED) is 0.945. The number of amides is 1. The molecule has 1 aromatic carbocycles. The van der Waals surface area contributed by atoms with E-state index in [0.29, 0.717) is 10.2 Å². The number of hydrogen-bond donors (Lipinski definition) is 1. The molecule has 0 spiro atoms. The normalized spacial score (nSPS) is 11.0. The third kappa shape index (κ3) is 4.07. The van der Waals surface area contributed by atoms with Gasteiger partial charge in [0, 0.05) is 11.8 Å². The SMILES string of the molecule is N#Cc1ccc(C(=O)Nc2cnn(CC(F)(F)F)c2)cc1. The van der Waals surface area contributed by atoms with Gasteiger partial charge in [-0.1, -0.05) is 0 Å². The minimum atomic E-state index is -4.37. The molecule has 1 N–H and O–H groups in total. The molecule has 0 unspecified atom stereocenters. The van der Waals surface area contributed by atoms with Gasteiger partial charge in [0.1, 0.15) is 6.54 Å². The maximum absolute atomic E-state index is 12.2. The number of halogens is 3. The van der Waals surface area contributed by atoms with Gasteiger partial charge in [-0.25, -0.2) is 0 Å². The van der Waals surface area contributed by atoms with Crippen molar-refractivity contribution in [2.75, 3.05) is 5.32 Å². The number of aromatic nitrogens is 2. The van der Waals surface area contributed by atoms with E-state index >= 15 is 0 Å². The van der Waals surface area contributed by atoms with E-state index in [0.717, 1.165) is 12.4 Å². The van der Waals surface area contributed by atoms with Crippen LogP contribution in [0.1, 0.15) is 15.9 Å². The van der Waals surface area contributed by atoms with E-state index in [1.54, 1.807) is 0 Å². The van der Waals surface area contributed by atoms with Crippen LogP contribution in [0.15, 0.2) is 36.7 Å². The van der Waals surface area contributed by atoms with Gasteiger partial charge in [0.2, 0.25) is 0 Å². The number of rotatable bonds is 3. The Morgan fingerprint density at radius 2 is 2.00 bits per heavy atom. The molecular weight excluding hydrogens is 285 g/mol. The summed E-state index contributed by atoms with van der Waals surface area (Å²) in [6.45, 7) is -1.22. The van der Waals surface area contributed by atoms with Crippen molar-refractivity contribution in [3.63, 3.8) is 0 Å². The Morgan fingerprint density at radius 1 is 1.33 bits per heavy atom. The van der Waals surface area contributed by atoms with E-state index in [2.05, 4.69) is 10.4 Å². The number of carbonyl (C=O) groups is 1. The lowest BCUT2D eigenvalue weighted by molar-refractivity contribution is -0.142. The van der Waals surface area contributed by atoms with E-state index in [4.69, 9.17) is 5.26 Å². The monoisotopic (exact) mass is 294 g/mol. The second kappa shape index (κ2) is 5.66. The van der Waals surface area contributed by atoms with Crippen LogP contribution in [0, 0.1) is 11.3 Å². The lowest BCUT2D eigenvalue weighted by atomic mass is 10.1. The smallest absolute Gasteiger partial charge is 0.319 e. The van der Waals surface area contributed by atoms with Crippen LogP contribution in [-0.2, 0) is 6.54 Å². The minimum Gasteiger partial charge on any atom is -0.319 e. The molecule has 8 heteroatoms. The fourth-order valence-corrected chi connectivity index (χ4v) is 1.60. The first-order chi connectivity index (χ1) is 9.87. The van der Waals surface area contributed by atoms with Crippen molar-refractivity contribution < 1.29 is 18.0 Å². The minimum absolute atomic E-state index is 0.161. The molecule has 0 aliphatic heterocycles. The second-order valence-corrected chi connectivity index (χ2v) is 4.19. The molecule has 2 rings (SSSR count). The Morgan fingerprint density at radius 3 is 2.57 bits per heavy atom. The number of hydrogen-bond acceptors (Lipinski definition) is 3. The fraction of sp³-hybridized carbons (Fsp3) is 0.154. The third-order valence-electron chi connectivity index (χ3n) is 2.51. The number of nitriles is 1. The van der Waals surface area contributed by atoms with Crippen molar-refractivity contribution >= 4 is 11.6 Å². The van der Waals surface area contributed by atoms with E-state index in [1.165, 1.54) is 24.3 Å². The number of nitrogens with zero attached hydrogens (tertiary/aromatic N) is 3. The molecule has 1 amide bonds. The maximum atomic E-state index is 12.2. The molecule has 0 saturated carbocycles. The Bertz CT molecular complexity index is 683. The van der Waals surface area contributed by atoms with Crippen LogP contribution in [0.4, 0.5) is 18.9 Å². The maximum Gasteiger partial charge on any atom is 0.408 e. The molecule has 0 saturated heterocycles. The van der Waals surface area contributed by atoms with Crippen LogP contribution in [0.25, 0.3) is 0 Å². The zero-order valence-corrected chi connectivity index (χ0v) is 10.6. The lowest BCUT2D eigenvalue weighted by Crippen LogP contribution is -2.18. The standard InChI is InChI=1S/C13H9F3N4O/c14-13(15,16)8-20-7-11(6-18-20)19-12(21)10-3-1-9(5-17)2-4-10/h1-4,6-7H,8H2,(H,19,21). The van der Waals surface area contributed by atoms with E-state index < -0.39 is 18.6 Å². The van der Waals surface area contributed by atoms with Crippen molar-refractivity contribution in [1.29, 1.82) is 5.26 Å². The van der Waals surface area contributed by atoms with Crippen molar-refractivity contribution in [3.05, 3.63) is 47.8 Å². The molecule has 1 aromatic heterocycles. The third-order valence-corrected chi connectivity index (χ3v) is 2.51. The van der Waals surface area contributed by atoms with Crippen molar-refractivity contribution in [1.82, 2.24) is 9.78 Å². The summed E-state index contributed by atoms with van der Waals surface area (Å²) in [5.74, 6) is -0.494. The van der Waals surface area contributed by atoms with Gasteiger partial charge in [-0.2, -0.15) is 23.5 Å². The molecule has 1 heterocycles. The molecular formula is C13H9F3N4O. The second-order valence-electron chi connectivity index (χ2n) is 4.19. The van der Waals surface area contributed by atoms with Gasteiger partial charge in [0.25, 0.3) is 5.91 Å². The first-order valence-corrected chi connectivity index (χ1v) is 5.78. The largest absolute Gasteiger partial charge is 0.408 e. The molecule has 2 aromatic rings. The van der Waals surface area contributed by atoms with Crippen molar-refractivity contribution in [2.45, 2.75) is 12.7 Å². The molecule has 0 fully saturated rings. The zero-order chi connectivity index (χ0) is 15.5. The van der Waals surface area contributed by atoms with E-state index in [9.17, 15) is 18.0 Å². The summed E-state index contributed by atoms with van der Waals surface area (Å²) in [4.78, 5) is 11.9. The molecule has 108 valence electrons. The highest BCUT2D eigenvalue weighted by Crippen LogP contribution is 2.18. The highest BCUT2D eigenvalue weighted by Gasteiger charge is 2.28. The highest BCUT2D eigenvalue weighted by atomic mass is 19.4. The Hall–Kier alpha value is -2.82. The van der Waals surface area contributed by atoms with Gasteiger partial charge < -0.3 is 5.32 Å². The van der Waals surface area contributed by atoms with Crippen LogP contribution in [0.2, 0.25) is 0 Å². The van der Waals surface area contributed by atoms with Gasteiger partial charge in [-0.3, -0.25) is 9.48 Å². The topological polar surface area (TPSA) is 70.7 Å². The average Bonchev–Trinajstić information content (AvgIpc) is 2.83. The van der Waals surface area contributed by atoms with Gasteiger partial charge in [-0.05, 0) is 24.3 Å². The predicted molar refractivity (Wildman–Crippen MR) is 67.4 cm³/mol. The van der Waals surface area contributed by atoms with Crippen LogP contribution >= 0.6 is 0 Å². The Balaban J connectivity index is 2.04. The van der Waals surface area contributed by atoms with E-state index in [1.807, 2.05) is 6.07 Å². The first kappa shape index (κ1) is 14.6. The molecule has 21 heavy (non-hydrogen) atoms. The zero-order valence-electron chi connectivity index (χ0n) is 10.6. The van der Waals surface area contributed by atoms with Gasteiger partial charge in [0.05, 0.1) is 23.5 Å². The van der Waals surface area contributed by atoms with Crippen LogP contribution in [-0.4, -0.2) is 21.9 Å².